The van der Waals surface area contributed by atoms with Gasteiger partial charge in [-0.05, 0) is 36.6 Å². The summed E-state index contributed by atoms with van der Waals surface area (Å²) < 4.78 is 6.69. The number of fused-ring (bicyclic) bond motifs is 1. The monoisotopic (exact) mass is 287 g/mol. The Kier molecular flexibility index (Phi) is 3.87. The van der Waals surface area contributed by atoms with Crippen LogP contribution in [0.25, 0.3) is 10.1 Å². The van der Waals surface area contributed by atoms with Gasteiger partial charge < -0.3 is 14.8 Å². The Labute approximate surface area is 121 Å². The summed E-state index contributed by atoms with van der Waals surface area (Å²) in [5.41, 5.74) is 0. The van der Waals surface area contributed by atoms with Gasteiger partial charge in [0.2, 0.25) is 0 Å². The molecule has 4 heteroatoms. The third-order valence-electron chi connectivity index (χ3n) is 3.21. The SMILES string of the molecule is Cc1ccc(CNCC(O)c2cc3ccccc3s2)o1. The summed E-state index contributed by atoms with van der Waals surface area (Å²) in [4.78, 5) is 0.995. The average molecular weight is 287 g/mol. The van der Waals surface area contributed by atoms with E-state index >= 15 is 0 Å². The Morgan fingerprint density at radius 1 is 1.25 bits per heavy atom. The summed E-state index contributed by atoms with van der Waals surface area (Å²) in [6.45, 7) is 3.08. The number of thiophene rings is 1. The molecule has 20 heavy (non-hydrogen) atoms. The van der Waals surface area contributed by atoms with Crippen LogP contribution >= 0.6 is 11.3 Å². The predicted octanol–water partition coefficient (Wildman–Crippen LogP) is 3.63. The molecule has 2 heterocycles. The molecule has 1 atom stereocenters. The largest absolute Gasteiger partial charge is 0.465 e. The molecule has 0 spiro atoms. The molecule has 2 N–H and O–H groups in total. The molecule has 3 rings (SSSR count). The highest BCUT2D eigenvalue weighted by molar-refractivity contribution is 7.19. The van der Waals surface area contributed by atoms with Gasteiger partial charge in [0.1, 0.15) is 17.6 Å². The molecule has 0 aliphatic carbocycles. The fourth-order valence-corrected chi connectivity index (χ4v) is 3.23. The maximum atomic E-state index is 10.2. The van der Waals surface area contributed by atoms with Crippen LogP contribution < -0.4 is 5.32 Å². The van der Waals surface area contributed by atoms with Crippen LogP contribution in [0.5, 0.6) is 0 Å². The van der Waals surface area contributed by atoms with E-state index in [4.69, 9.17) is 4.42 Å². The van der Waals surface area contributed by atoms with Crippen molar-refractivity contribution in [3.05, 3.63) is 58.9 Å². The smallest absolute Gasteiger partial charge is 0.117 e. The van der Waals surface area contributed by atoms with Crippen molar-refractivity contribution < 1.29 is 9.52 Å². The summed E-state index contributed by atoms with van der Waals surface area (Å²) in [5.74, 6) is 1.80. The van der Waals surface area contributed by atoms with Gasteiger partial charge in [-0.1, -0.05) is 18.2 Å². The summed E-state index contributed by atoms with van der Waals surface area (Å²) in [6, 6.07) is 14.1. The third-order valence-corrected chi connectivity index (χ3v) is 4.42. The number of aliphatic hydroxyl groups is 1. The van der Waals surface area contributed by atoms with Crippen molar-refractivity contribution in [2.45, 2.75) is 19.6 Å². The molecule has 3 aromatic rings. The normalized spacial score (nSPS) is 12.9. The summed E-state index contributed by atoms with van der Waals surface area (Å²) >= 11 is 1.64. The van der Waals surface area contributed by atoms with Gasteiger partial charge in [0.15, 0.2) is 0 Å². The minimum absolute atomic E-state index is 0.483. The maximum Gasteiger partial charge on any atom is 0.117 e. The Hall–Kier alpha value is -1.62. The zero-order chi connectivity index (χ0) is 13.9. The van der Waals surface area contributed by atoms with E-state index in [1.54, 1.807) is 11.3 Å². The van der Waals surface area contributed by atoms with Crippen LogP contribution in [0.15, 0.2) is 46.9 Å². The molecule has 0 bridgehead atoms. The van der Waals surface area contributed by atoms with Gasteiger partial charge in [0.25, 0.3) is 0 Å². The number of hydrogen-bond acceptors (Lipinski definition) is 4. The van der Waals surface area contributed by atoms with Crippen molar-refractivity contribution in [2.75, 3.05) is 6.54 Å². The van der Waals surface area contributed by atoms with E-state index in [2.05, 4.69) is 23.5 Å². The van der Waals surface area contributed by atoms with Crippen LogP contribution in [0.2, 0.25) is 0 Å². The van der Waals surface area contributed by atoms with Crippen LogP contribution in [0.4, 0.5) is 0 Å². The summed E-state index contributed by atoms with van der Waals surface area (Å²) in [6.07, 6.45) is -0.483. The molecule has 0 aliphatic heterocycles. The molecule has 0 aliphatic rings. The number of aryl methyl sites for hydroxylation is 1. The second-order valence-electron chi connectivity index (χ2n) is 4.85. The van der Waals surface area contributed by atoms with E-state index in [1.165, 1.54) is 10.1 Å². The van der Waals surface area contributed by atoms with Crippen molar-refractivity contribution in [1.29, 1.82) is 0 Å². The van der Waals surface area contributed by atoms with Crippen LogP contribution in [-0.2, 0) is 6.54 Å². The Bertz CT molecular complexity index is 668. The minimum Gasteiger partial charge on any atom is -0.465 e. The lowest BCUT2D eigenvalue weighted by Gasteiger charge is -2.08. The molecule has 1 aromatic carbocycles. The molecule has 0 fully saturated rings. The summed E-state index contributed by atoms with van der Waals surface area (Å²) in [7, 11) is 0. The van der Waals surface area contributed by atoms with Crippen molar-refractivity contribution in [3.63, 3.8) is 0 Å². The van der Waals surface area contributed by atoms with Crippen molar-refractivity contribution in [2.24, 2.45) is 0 Å². The van der Waals surface area contributed by atoms with E-state index < -0.39 is 6.10 Å². The Morgan fingerprint density at radius 2 is 2.10 bits per heavy atom. The van der Waals surface area contributed by atoms with Gasteiger partial charge >= 0.3 is 0 Å². The Morgan fingerprint density at radius 3 is 2.85 bits per heavy atom. The molecular formula is C16H17NO2S. The molecule has 1 unspecified atom stereocenters. The molecule has 2 aromatic heterocycles. The number of rotatable bonds is 5. The van der Waals surface area contributed by atoms with Crippen molar-refractivity contribution >= 4 is 21.4 Å². The van der Waals surface area contributed by atoms with Crippen LogP contribution in [-0.4, -0.2) is 11.7 Å². The quantitative estimate of drug-likeness (QED) is 0.753. The number of nitrogens with one attached hydrogen (secondary N) is 1. The first-order valence-corrected chi connectivity index (χ1v) is 7.46. The lowest BCUT2D eigenvalue weighted by atomic mass is 10.2. The number of aliphatic hydroxyl groups excluding tert-OH is 1. The predicted molar refractivity (Wildman–Crippen MR) is 81.9 cm³/mol. The fraction of sp³-hybridized carbons (Fsp3) is 0.250. The van der Waals surface area contributed by atoms with Gasteiger partial charge in [-0.25, -0.2) is 0 Å². The van der Waals surface area contributed by atoms with E-state index in [9.17, 15) is 5.11 Å². The zero-order valence-electron chi connectivity index (χ0n) is 11.3. The number of benzene rings is 1. The minimum atomic E-state index is -0.483. The Balaban J connectivity index is 1.59. The lowest BCUT2D eigenvalue weighted by molar-refractivity contribution is 0.177. The highest BCUT2D eigenvalue weighted by Crippen LogP contribution is 2.29. The first-order valence-electron chi connectivity index (χ1n) is 6.65. The molecular weight excluding hydrogens is 270 g/mol. The second kappa shape index (κ2) is 5.79. The number of hydrogen-bond donors (Lipinski definition) is 2. The summed E-state index contributed by atoms with van der Waals surface area (Å²) in [5, 5.41) is 14.6. The van der Waals surface area contributed by atoms with Gasteiger partial charge in [-0.15, -0.1) is 11.3 Å². The molecule has 104 valence electrons. The highest BCUT2D eigenvalue weighted by atomic mass is 32.1. The van der Waals surface area contributed by atoms with Crippen LogP contribution in [0, 0.1) is 6.92 Å². The highest BCUT2D eigenvalue weighted by Gasteiger charge is 2.11. The van der Waals surface area contributed by atoms with E-state index in [1.807, 2.05) is 31.2 Å². The molecule has 0 amide bonds. The van der Waals surface area contributed by atoms with Crippen LogP contribution in [0.1, 0.15) is 22.5 Å². The van der Waals surface area contributed by atoms with Crippen LogP contribution in [0.3, 0.4) is 0 Å². The van der Waals surface area contributed by atoms with E-state index in [0.717, 1.165) is 16.4 Å². The van der Waals surface area contributed by atoms with Gasteiger partial charge in [0, 0.05) is 16.1 Å². The molecule has 3 nitrogen and oxygen atoms in total. The maximum absolute atomic E-state index is 10.2. The van der Waals surface area contributed by atoms with Gasteiger partial charge in [-0.3, -0.25) is 0 Å². The third kappa shape index (κ3) is 2.93. The number of furan rings is 1. The van der Waals surface area contributed by atoms with Crippen molar-refractivity contribution in [3.8, 4) is 0 Å². The van der Waals surface area contributed by atoms with E-state index in [0.29, 0.717) is 13.1 Å². The van der Waals surface area contributed by atoms with E-state index in [-0.39, 0.29) is 0 Å². The van der Waals surface area contributed by atoms with Gasteiger partial charge in [0.05, 0.1) is 6.54 Å². The first kappa shape index (κ1) is 13.4. The lowest BCUT2D eigenvalue weighted by Crippen LogP contribution is -2.20. The zero-order valence-corrected chi connectivity index (χ0v) is 12.1. The first-order chi connectivity index (χ1) is 9.72. The standard InChI is InChI=1S/C16H17NO2S/c1-11-6-7-13(19-11)9-17-10-14(18)16-8-12-4-2-3-5-15(12)20-16/h2-8,14,17-18H,9-10H2,1H3. The fourth-order valence-electron chi connectivity index (χ4n) is 2.18. The topological polar surface area (TPSA) is 45.4 Å². The molecule has 0 saturated heterocycles. The second-order valence-corrected chi connectivity index (χ2v) is 5.96. The molecule has 0 radical (unpaired) electrons. The van der Waals surface area contributed by atoms with Crippen molar-refractivity contribution in [1.82, 2.24) is 5.32 Å². The average Bonchev–Trinajstić information content (AvgIpc) is 3.04. The van der Waals surface area contributed by atoms with Gasteiger partial charge in [-0.2, -0.15) is 0 Å². The molecule has 0 saturated carbocycles.